The molecule has 4 aliphatic carbocycles. The quantitative estimate of drug-likeness (QED) is 0.773. The molecule has 2 N–H and O–H groups in total. The summed E-state index contributed by atoms with van der Waals surface area (Å²) in [4.78, 5) is 12.1. The molecule has 3 saturated carbocycles. The van der Waals surface area contributed by atoms with Crippen LogP contribution >= 0.6 is 0 Å². The van der Waals surface area contributed by atoms with Gasteiger partial charge in [-0.2, -0.15) is 0 Å². The Balaban J connectivity index is 1.63. The van der Waals surface area contributed by atoms with E-state index in [1.165, 1.54) is 12.8 Å². The fourth-order valence-corrected chi connectivity index (χ4v) is 7.39. The number of allylic oxidation sites excluding steroid dienone is 2. The summed E-state index contributed by atoms with van der Waals surface area (Å²) in [5.41, 5.74) is 1.31. The van der Waals surface area contributed by atoms with Crippen molar-refractivity contribution in [1.29, 1.82) is 0 Å². The Morgan fingerprint density at radius 3 is 2.58 bits per heavy atom. The van der Waals surface area contributed by atoms with Gasteiger partial charge in [-0.05, 0) is 91.9 Å². The maximum atomic E-state index is 12.1. The fourth-order valence-electron chi connectivity index (χ4n) is 7.39. The van der Waals surface area contributed by atoms with Crippen molar-refractivity contribution in [1.82, 2.24) is 0 Å². The molecule has 0 amide bonds. The lowest BCUT2D eigenvalue weighted by Crippen LogP contribution is -2.56. The average molecular weight is 332 g/mol. The minimum atomic E-state index is -0.562. The Kier molecular flexibility index (Phi) is 3.78. The highest BCUT2D eigenvalue weighted by molar-refractivity contribution is 5.95. The number of carbonyl (C=O) groups excluding carboxylic acids is 1. The van der Waals surface area contributed by atoms with Crippen molar-refractivity contribution in [3.8, 4) is 0 Å². The highest BCUT2D eigenvalue weighted by Gasteiger charge is 2.59. The number of aliphatic hydroxyl groups excluding tert-OH is 2. The van der Waals surface area contributed by atoms with E-state index < -0.39 is 12.2 Å². The van der Waals surface area contributed by atoms with Crippen molar-refractivity contribution in [3.05, 3.63) is 11.6 Å². The van der Waals surface area contributed by atoms with Crippen molar-refractivity contribution < 1.29 is 15.0 Å². The Bertz CT molecular complexity index is 582. The first-order chi connectivity index (χ1) is 11.3. The third-order valence-electron chi connectivity index (χ3n) is 8.64. The Morgan fingerprint density at radius 1 is 1.12 bits per heavy atom. The van der Waals surface area contributed by atoms with Crippen LogP contribution in [0.2, 0.25) is 0 Å². The average Bonchev–Trinajstić information content (AvgIpc) is 2.86. The normalized spacial score (nSPS) is 53.6. The van der Waals surface area contributed by atoms with Crippen LogP contribution in [0.4, 0.5) is 0 Å². The van der Waals surface area contributed by atoms with Gasteiger partial charge in [0, 0.05) is 0 Å². The topological polar surface area (TPSA) is 57.5 Å². The molecule has 8 atom stereocenters. The number of Topliss-reactive ketones (excluding diaryl/α,β-unsaturated/α-hetero) is 1. The zero-order chi connectivity index (χ0) is 17.3. The molecule has 0 aromatic carbocycles. The molecule has 24 heavy (non-hydrogen) atoms. The number of hydrogen-bond acceptors (Lipinski definition) is 3. The molecular formula is C21H32O3. The first-order valence-electron chi connectivity index (χ1n) is 9.85. The maximum Gasteiger partial charge on any atom is 0.156 e. The molecule has 0 spiro atoms. The molecule has 0 aromatic heterocycles. The zero-order valence-electron chi connectivity index (χ0n) is 15.3. The van der Waals surface area contributed by atoms with Crippen LogP contribution in [0.5, 0.6) is 0 Å². The van der Waals surface area contributed by atoms with Crippen LogP contribution in [0, 0.1) is 34.5 Å². The van der Waals surface area contributed by atoms with E-state index in [1.54, 1.807) is 6.92 Å². The van der Waals surface area contributed by atoms with Crippen molar-refractivity contribution in [2.24, 2.45) is 34.5 Å². The van der Waals surface area contributed by atoms with Gasteiger partial charge < -0.3 is 10.2 Å². The standard InChI is InChI=1S/C21H32O3/c1-12(22)15-6-7-16-14-5-4-13-10-18(23)19(24)11-21(13,3)17(14)8-9-20(15,16)2/h6,13-14,16-19,23-24H,4-5,7-11H2,1-3H3/t13?,14-,16-,17-,18?,19?,20+,21-/m0/s1. The van der Waals surface area contributed by atoms with E-state index in [0.29, 0.717) is 23.7 Å². The number of carbonyl (C=O) groups is 1. The number of fused-ring (bicyclic) bond motifs is 5. The molecule has 0 radical (unpaired) electrons. The van der Waals surface area contributed by atoms with Crippen molar-refractivity contribution in [3.63, 3.8) is 0 Å². The third-order valence-corrected chi connectivity index (χ3v) is 8.64. The highest BCUT2D eigenvalue weighted by Crippen LogP contribution is 2.66. The first-order valence-corrected chi connectivity index (χ1v) is 9.85. The lowest BCUT2D eigenvalue weighted by molar-refractivity contribution is -0.154. The third kappa shape index (κ3) is 2.13. The SMILES string of the molecule is CC(=O)C1=CC[C@H]2[C@@H]3CCC4CC(O)C(O)C[C@]4(C)[C@H]3CC[C@]12C. The second kappa shape index (κ2) is 5.41. The van der Waals surface area contributed by atoms with E-state index in [1.807, 2.05) is 0 Å². The number of rotatable bonds is 1. The second-order valence-corrected chi connectivity index (χ2v) is 9.60. The maximum absolute atomic E-state index is 12.1. The van der Waals surface area contributed by atoms with Crippen LogP contribution in [0.15, 0.2) is 11.6 Å². The molecule has 3 fully saturated rings. The summed E-state index contributed by atoms with van der Waals surface area (Å²) >= 11 is 0. The second-order valence-electron chi connectivity index (χ2n) is 9.60. The summed E-state index contributed by atoms with van der Waals surface area (Å²) < 4.78 is 0. The summed E-state index contributed by atoms with van der Waals surface area (Å²) in [5.74, 6) is 2.70. The molecule has 4 rings (SSSR count). The lowest BCUT2D eigenvalue weighted by Gasteiger charge is -2.61. The van der Waals surface area contributed by atoms with Crippen LogP contribution in [-0.4, -0.2) is 28.2 Å². The zero-order valence-corrected chi connectivity index (χ0v) is 15.3. The van der Waals surface area contributed by atoms with Gasteiger partial charge >= 0.3 is 0 Å². The number of ketones is 1. The molecule has 134 valence electrons. The minimum absolute atomic E-state index is 0.0724. The molecule has 0 heterocycles. The molecule has 3 heteroatoms. The predicted octanol–water partition coefficient (Wildman–Crippen LogP) is 3.49. The molecule has 0 bridgehead atoms. The molecule has 0 aromatic rings. The summed E-state index contributed by atoms with van der Waals surface area (Å²) in [6, 6.07) is 0. The van der Waals surface area contributed by atoms with Gasteiger partial charge in [0.25, 0.3) is 0 Å². The number of aliphatic hydroxyl groups is 2. The summed E-state index contributed by atoms with van der Waals surface area (Å²) in [6.07, 6.45) is 8.36. The largest absolute Gasteiger partial charge is 0.390 e. The van der Waals surface area contributed by atoms with E-state index >= 15 is 0 Å². The predicted molar refractivity (Wildman–Crippen MR) is 93.3 cm³/mol. The summed E-state index contributed by atoms with van der Waals surface area (Å²) in [6.45, 7) is 6.42. The van der Waals surface area contributed by atoms with Gasteiger partial charge in [-0.25, -0.2) is 0 Å². The van der Waals surface area contributed by atoms with E-state index in [9.17, 15) is 15.0 Å². The Hall–Kier alpha value is -0.670. The molecular weight excluding hydrogens is 300 g/mol. The van der Waals surface area contributed by atoms with Crippen LogP contribution < -0.4 is 0 Å². The lowest BCUT2D eigenvalue weighted by atomic mass is 9.44. The molecule has 0 saturated heterocycles. The van der Waals surface area contributed by atoms with Gasteiger partial charge in [0.1, 0.15) is 0 Å². The van der Waals surface area contributed by atoms with Gasteiger partial charge in [0.05, 0.1) is 12.2 Å². The van der Waals surface area contributed by atoms with Crippen LogP contribution in [0.3, 0.4) is 0 Å². The fraction of sp³-hybridized carbons (Fsp3) is 0.857. The van der Waals surface area contributed by atoms with Crippen molar-refractivity contribution in [2.75, 3.05) is 0 Å². The summed E-state index contributed by atoms with van der Waals surface area (Å²) in [5, 5.41) is 20.4. The monoisotopic (exact) mass is 332 g/mol. The Morgan fingerprint density at radius 2 is 1.88 bits per heavy atom. The van der Waals surface area contributed by atoms with Gasteiger partial charge in [-0.3, -0.25) is 4.79 Å². The van der Waals surface area contributed by atoms with Gasteiger partial charge in [0.2, 0.25) is 0 Å². The van der Waals surface area contributed by atoms with Crippen LogP contribution in [-0.2, 0) is 4.79 Å². The van der Waals surface area contributed by atoms with Crippen molar-refractivity contribution in [2.45, 2.75) is 77.9 Å². The number of hydrogen-bond donors (Lipinski definition) is 2. The van der Waals surface area contributed by atoms with Crippen molar-refractivity contribution >= 4 is 5.78 Å². The smallest absolute Gasteiger partial charge is 0.156 e. The molecule has 3 nitrogen and oxygen atoms in total. The molecule has 4 aliphatic rings. The summed E-state index contributed by atoms with van der Waals surface area (Å²) in [7, 11) is 0. The van der Waals surface area contributed by atoms with Crippen LogP contribution in [0.25, 0.3) is 0 Å². The van der Waals surface area contributed by atoms with E-state index in [-0.39, 0.29) is 16.6 Å². The van der Waals surface area contributed by atoms with E-state index in [4.69, 9.17) is 0 Å². The van der Waals surface area contributed by atoms with Gasteiger partial charge in [-0.1, -0.05) is 19.9 Å². The molecule has 0 aliphatic heterocycles. The first kappa shape index (κ1) is 16.8. The van der Waals surface area contributed by atoms with Gasteiger partial charge in [-0.15, -0.1) is 0 Å². The van der Waals surface area contributed by atoms with Gasteiger partial charge in [0.15, 0.2) is 5.78 Å². The van der Waals surface area contributed by atoms with Crippen LogP contribution in [0.1, 0.15) is 65.7 Å². The van der Waals surface area contributed by atoms with E-state index in [0.717, 1.165) is 37.7 Å². The highest BCUT2D eigenvalue weighted by atomic mass is 16.3. The Labute approximate surface area is 145 Å². The molecule has 3 unspecified atom stereocenters. The van der Waals surface area contributed by atoms with E-state index in [2.05, 4.69) is 19.9 Å². The minimum Gasteiger partial charge on any atom is -0.390 e.